The van der Waals surface area contributed by atoms with E-state index in [9.17, 15) is 4.79 Å². The van der Waals surface area contributed by atoms with Crippen LogP contribution in [0.1, 0.15) is 29.5 Å². The van der Waals surface area contributed by atoms with Crippen LogP contribution in [0.5, 0.6) is 0 Å². The minimum absolute atomic E-state index is 0.457. The molecule has 1 N–H and O–H groups in total. The first-order chi connectivity index (χ1) is 9.06. The van der Waals surface area contributed by atoms with Gasteiger partial charge in [-0.15, -0.1) is 0 Å². The van der Waals surface area contributed by atoms with Crippen molar-refractivity contribution < 1.29 is 9.90 Å². The van der Waals surface area contributed by atoms with Crippen molar-refractivity contribution in [3.63, 3.8) is 0 Å². The van der Waals surface area contributed by atoms with Gasteiger partial charge < -0.3 is 5.11 Å². The first-order valence-corrected chi connectivity index (χ1v) is 6.91. The predicted molar refractivity (Wildman–Crippen MR) is 79.4 cm³/mol. The number of hydrogen-bond acceptors (Lipinski definition) is 1. The molecule has 0 spiro atoms. The maximum Gasteiger partial charge on any atom is 0.310 e. The van der Waals surface area contributed by atoms with Gasteiger partial charge in [0.15, 0.2) is 0 Å². The van der Waals surface area contributed by atoms with E-state index < -0.39 is 11.9 Å². The molecule has 0 aliphatic rings. The molecule has 98 valence electrons. The van der Waals surface area contributed by atoms with Crippen molar-refractivity contribution in [1.29, 1.82) is 0 Å². The Morgan fingerprint density at radius 1 is 1.05 bits per heavy atom. The van der Waals surface area contributed by atoms with Crippen LogP contribution in [-0.4, -0.2) is 11.1 Å². The predicted octanol–water partition coefficient (Wildman–Crippen LogP) is 4.23. The van der Waals surface area contributed by atoms with Gasteiger partial charge in [-0.3, -0.25) is 4.79 Å². The van der Waals surface area contributed by atoms with E-state index in [2.05, 4.69) is 28.1 Å². The molecular weight excluding hydrogens is 304 g/mol. The SMILES string of the molecule is CC(C(=O)O)c1ccc(Cc2ccc(Br)cc2)cc1. The number of carbonyl (C=O) groups is 1. The molecular formula is C16H15BrO2. The molecule has 0 amide bonds. The van der Waals surface area contributed by atoms with Crippen molar-refractivity contribution in [3.8, 4) is 0 Å². The van der Waals surface area contributed by atoms with Crippen LogP contribution in [0.4, 0.5) is 0 Å². The van der Waals surface area contributed by atoms with Crippen molar-refractivity contribution in [2.45, 2.75) is 19.3 Å². The smallest absolute Gasteiger partial charge is 0.310 e. The summed E-state index contributed by atoms with van der Waals surface area (Å²) in [5.74, 6) is -1.25. The van der Waals surface area contributed by atoms with Gasteiger partial charge in [0, 0.05) is 4.47 Å². The zero-order chi connectivity index (χ0) is 13.8. The highest BCUT2D eigenvalue weighted by molar-refractivity contribution is 9.10. The van der Waals surface area contributed by atoms with Crippen LogP contribution in [0.25, 0.3) is 0 Å². The molecule has 2 aromatic carbocycles. The minimum Gasteiger partial charge on any atom is -0.481 e. The third kappa shape index (κ3) is 3.67. The molecule has 1 unspecified atom stereocenters. The Labute approximate surface area is 121 Å². The lowest BCUT2D eigenvalue weighted by molar-refractivity contribution is -0.138. The van der Waals surface area contributed by atoms with Crippen LogP contribution >= 0.6 is 15.9 Å². The molecule has 0 aliphatic carbocycles. The number of hydrogen-bond donors (Lipinski definition) is 1. The molecule has 2 aromatic rings. The molecule has 0 saturated heterocycles. The van der Waals surface area contributed by atoms with Crippen molar-refractivity contribution in [2.24, 2.45) is 0 Å². The Morgan fingerprint density at radius 2 is 1.53 bits per heavy atom. The third-order valence-electron chi connectivity index (χ3n) is 3.17. The summed E-state index contributed by atoms with van der Waals surface area (Å²) in [6.45, 7) is 1.70. The molecule has 0 bridgehead atoms. The van der Waals surface area contributed by atoms with Gasteiger partial charge in [-0.2, -0.15) is 0 Å². The quantitative estimate of drug-likeness (QED) is 0.916. The first kappa shape index (κ1) is 13.8. The van der Waals surface area contributed by atoms with Gasteiger partial charge >= 0.3 is 5.97 Å². The molecule has 1 atom stereocenters. The van der Waals surface area contributed by atoms with E-state index in [0.29, 0.717) is 0 Å². The van der Waals surface area contributed by atoms with E-state index in [-0.39, 0.29) is 0 Å². The Morgan fingerprint density at radius 3 is 2.00 bits per heavy atom. The van der Waals surface area contributed by atoms with Crippen molar-refractivity contribution in [1.82, 2.24) is 0 Å². The molecule has 3 heteroatoms. The Bertz CT molecular complexity index is 558. The van der Waals surface area contributed by atoms with Crippen LogP contribution in [0, 0.1) is 0 Å². The second kappa shape index (κ2) is 6.02. The Kier molecular flexibility index (Phi) is 4.38. The van der Waals surface area contributed by atoms with Gasteiger partial charge in [-0.1, -0.05) is 52.3 Å². The standard InChI is InChI=1S/C16H15BrO2/c1-11(16(18)19)14-6-2-12(3-7-14)10-13-4-8-15(17)9-5-13/h2-9,11H,10H2,1H3,(H,18,19). The zero-order valence-electron chi connectivity index (χ0n) is 10.6. The number of carboxylic acids is 1. The van der Waals surface area contributed by atoms with E-state index >= 15 is 0 Å². The number of benzene rings is 2. The van der Waals surface area contributed by atoms with Crippen molar-refractivity contribution in [2.75, 3.05) is 0 Å². The Hall–Kier alpha value is -1.61. The fourth-order valence-corrected chi connectivity index (χ4v) is 2.17. The van der Waals surface area contributed by atoms with Crippen molar-refractivity contribution >= 4 is 21.9 Å². The number of rotatable bonds is 4. The molecule has 19 heavy (non-hydrogen) atoms. The highest BCUT2D eigenvalue weighted by atomic mass is 79.9. The molecule has 2 nitrogen and oxygen atoms in total. The van der Waals surface area contributed by atoms with Crippen LogP contribution in [-0.2, 0) is 11.2 Å². The lowest BCUT2D eigenvalue weighted by atomic mass is 9.98. The summed E-state index contributed by atoms with van der Waals surface area (Å²) in [6.07, 6.45) is 0.856. The Balaban J connectivity index is 2.10. The van der Waals surface area contributed by atoms with E-state index in [1.807, 2.05) is 36.4 Å². The van der Waals surface area contributed by atoms with Gasteiger partial charge in [0.05, 0.1) is 5.92 Å². The minimum atomic E-state index is -0.791. The molecule has 0 fully saturated rings. The van der Waals surface area contributed by atoms with E-state index in [4.69, 9.17) is 5.11 Å². The summed E-state index contributed by atoms with van der Waals surface area (Å²) in [4.78, 5) is 10.9. The monoisotopic (exact) mass is 318 g/mol. The van der Waals surface area contributed by atoms with E-state index in [0.717, 1.165) is 16.5 Å². The average molecular weight is 319 g/mol. The van der Waals surface area contributed by atoms with Gasteiger partial charge in [-0.05, 0) is 42.2 Å². The highest BCUT2D eigenvalue weighted by Gasteiger charge is 2.12. The lowest BCUT2D eigenvalue weighted by Gasteiger charge is -2.08. The third-order valence-corrected chi connectivity index (χ3v) is 3.70. The number of aliphatic carboxylic acids is 1. The van der Waals surface area contributed by atoms with E-state index in [1.54, 1.807) is 6.92 Å². The number of carboxylic acid groups (broad SMARTS) is 1. The van der Waals surface area contributed by atoms with Gasteiger partial charge in [-0.25, -0.2) is 0 Å². The van der Waals surface area contributed by atoms with Gasteiger partial charge in [0.1, 0.15) is 0 Å². The fourth-order valence-electron chi connectivity index (χ4n) is 1.90. The van der Waals surface area contributed by atoms with Crippen LogP contribution < -0.4 is 0 Å². The molecule has 0 radical (unpaired) electrons. The summed E-state index contributed by atoms with van der Waals surface area (Å²) < 4.78 is 1.07. The summed E-state index contributed by atoms with van der Waals surface area (Å²) in [7, 11) is 0. The second-order valence-electron chi connectivity index (χ2n) is 4.60. The molecule has 0 heterocycles. The molecule has 0 saturated carbocycles. The number of halogens is 1. The normalized spacial score (nSPS) is 12.1. The van der Waals surface area contributed by atoms with Gasteiger partial charge in [0.2, 0.25) is 0 Å². The van der Waals surface area contributed by atoms with Crippen molar-refractivity contribution in [3.05, 3.63) is 69.7 Å². The largest absolute Gasteiger partial charge is 0.481 e. The molecule has 0 aliphatic heterocycles. The topological polar surface area (TPSA) is 37.3 Å². The van der Waals surface area contributed by atoms with E-state index in [1.165, 1.54) is 11.1 Å². The van der Waals surface area contributed by atoms with Gasteiger partial charge in [0.25, 0.3) is 0 Å². The second-order valence-corrected chi connectivity index (χ2v) is 5.52. The maximum atomic E-state index is 10.9. The first-order valence-electron chi connectivity index (χ1n) is 6.12. The highest BCUT2D eigenvalue weighted by Crippen LogP contribution is 2.18. The van der Waals surface area contributed by atoms with Crippen LogP contribution in [0.3, 0.4) is 0 Å². The maximum absolute atomic E-state index is 10.9. The zero-order valence-corrected chi connectivity index (χ0v) is 12.2. The summed E-state index contributed by atoms with van der Waals surface area (Å²) in [6, 6.07) is 16.0. The lowest BCUT2D eigenvalue weighted by Crippen LogP contribution is -2.07. The summed E-state index contributed by atoms with van der Waals surface area (Å²) in [5, 5.41) is 8.96. The summed E-state index contributed by atoms with van der Waals surface area (Å²) in [5.41, 5.74) is 3.26. The summed E-state index contributed by atoms with van der Waals surface area (Å²) >= 11 is 3.41. The van der Waals surface area contributed by atoms with Crippen LogP contribution in [0.15, 0.2) is 53.0 Å². The molecule has 2 rings (SSSR count). The average Bonchev–Trinajstić information content (AvgIpc) is 2.41. The van der Waals surface area contributed by atoms with Crippen LogP contribution in [0.2, 0.25) is 0 Å². The fraction of sp³-hybridized carbons (Fsp3) is 0.188. The molecule has 0 aromatic heterocycles.